The van der Waals surface area contributed by atoms with Crippen LogP contribution >= 0.6 is 11.6 Å². The number of fused-ring (bicyclic) bond motifs is 1. The standard InChI is InChI=1S/C15H11ClN4O/c16-10-1-3-11(4-2-10)19-15(21)20-12-5-6-13-14(9-12)18-8-7-17-13/h1-9H,(H2,19,20,21). The van der Waals surface area contributed by atoms with E-state index in [9.17, 15) is 4.79 Å². The van der Waals surface area contributed by atoms with Crippen LogP contribution in [0.25, 0.3) is 11.0 Å². The van der Waals surface area contributed by atoms with Crippen molar-refractivity contribution in [3.8, 4) is 0 Å². The molecule has 104 valence electrons. The minimum absolute atomic E-state index is 0.333. The highest BCUT2D eigenvalue weighted by molar-refractivity contribution is 6.30. The first-order valence-electron chi connectivity index (χ1n) is 6.25. The van der Waals surface area contributed by atoms with Crippen LogP contribution in [0.15, 0.2) is 54.9 Å². The van der Waals surface area contributed by atoms with Crippen molar-refractivity contribution in [1.82, 2.24) is 9.97 Å². The van der Waals surface area contributed by atoms with Gasteiger partial charge < -0.3 is 10.6 Å². The molecule has 2 amide bonds. The summed E-state index contributed by atoms with van der Waals surface area (Å²) in [6.45, 7) is 0. The third kappa shape index (κ3) is 3.27. The summed E-state index contributed by atoms with van der Waals surface area (Å²) in [6, 6.07) is 11.9. The summed E-state index contributed by atoms with van der Waals surface area (Å²) in [5, 5.41) is 6.09. The predicted molar refractivity (Wildman–Crippen MR) is 83.6 cm³/mol. The van der Waals surface area contributed by atoms with Crippen molar-refractivity contribution in [2.75, 3.05) is 10.6 Å². The number of hydrogen-bond donors (Lipinski definition) is 2. The summed E-state index contributed by atoms with van der Waals surface area (Å²) in [4.78, 5) is 20.3. The van der Waals surface area contributed by atoms with E-state index in [1.165, 1.54) is 0 Å². The number of amides is 2. The van der Waals surface area contributed by atoms with Crippen LogP contribution in [0.5, 0.6) is 0 Å². The lowest BCUT2D eigenvalue weighted by molar-refractivity contribution is 0.262. The number of carbonyl (C=O) groups excluding carboxylic acids is 1. The van der Waals surface area contributed by atoms with E-state index in [2.05, 4.69) is 20.6 Å². The average Bonchev–Trinajstić information content (AvgIpc) is 2.49. The monoisotopic (exact) mass is 298 g/mol. The largest absolute Gasteiger partial charge is 0.323 e. The van der Waals surface area contributed by atoms with Crippen LogP contribution in [0.2, 0.25) is 5.02 Å². The molecule has 3 aromatic rings. The van der Waals surface area contributed by atoms with Crippen molar-refractivity contribution in [2.45, 2.75) is 0 Å². The smallest absolute Gasteiger partial charge is 0.308 e. The van der Waals surface area contributed by atoms with Crippen LogP contribution in [0.4, 0.5) is 16.2 Å². The van der Waals surface area contributed by atoms with Gasteiger partial charge in [0.05, 0.1) is 11.0 Å². The van der Waals surface area contributed by atoms with E-state index in [-0.39, 0.29) is 6.03 Å². The van der Waals surface area contributed by atoms with Gasteiger partial charge in [-0.25, -0.2) is 4.79 Å². The SMILES string of the molecule is O=C(Nc1ccc(Cl)cc1)Nc1ccc2nccnc2c1. The van der Waals surface area contributed by atoms with Crippen LogP contribution < -0.4 is 10.6 Å². The van der Waals surface area contributed by atoms with Gasteiger partial charge in [0.1, 0.15) is 0 Å². The predicted octanol–water partition coefficient (Wildman–Crippen LogP) is 3.93. The fourth-order valence-corrected chi connectivity index (χ4v) is 1.99. The zero-order valence-corrected chi connectivity index (χ0v) is 11.6. The minimum atomic E-state index is -0.333. The van der Waals surface area contributed by atoms with E-state index in [4.69, 9.17) is 11.6 Å². The Labute approximate surface area is 126 Å². The third-order valence-electron chi connectivity index (χ3n) is 2.83. The van der Waals surface area contributed by atoms with Gasteiger partial charge in [0, 0.05) is 28.8 Å². The van der Waals surface area contributed by atoms with Crippen LogP contribution in [0.1, 0.15) is 0 Å². The first-order valence-corrected chi connectivity index (χ1v) is 6.63. The number of carbonyl (C=O) groups is 1. The van der Waals surface area contributed by atoms with Gasteiger partial charge in [-0.15, -0.1) is 0 Å². The lowest BCUT2D eigenvalue weighted by Gasteiger charge is -2.08. The van der Waals surface area contributed by atoms with Crippen LogP contribution in [0, 0.1) is 0 Å². The molecule has 6 heteroatoms. The molecule has 0 saturated carbocycles. The fraction of sp³-hybridized carbons (Fsp3) is 0. The first-order chi connectivity index (χ1) is 10.2. The number of aromatic nitrogens is 2. The second-order valence-corrected chi connectivity index (χ2v) is 4.78. The summed E-state index contributed by atoms with van der Waals surface area (Å²) < 4.78 is 0. The molecule has 0 atom stereocenters. The third-order valence-corrected chi connectivity index (χ3v) is 3.08. The molecule has 2 N–H and O–H groups in total. The van der Waals surface area contributed by atoms with Gasteiger partial charge in [-0.1, -0.05) is 11.6 Å². The molecule has 0 radical (unpaired) electrons. The van der Waals surface area contributed by atoms with Gasteiger partial charge in [-0.2, -0.15) is 0 Å². The zero-order valence-electron chi connectivity index (χ0n) is 10.9. The summed E-state index contributed by atoms with van der Waals surface area (Å²) in [5.74, 6) is 0. The fourth-order valence-electron chi connectivity index (χ4n) is 1.87. The lowest BCUT2D eigenvalue weighted by Crippen LogP contribution is -2.19. The molecular formula is C15H11ClN4O. The summed E-state index contributed by atoms with van der Waals surface area (Å²) in [7, 11) is 0. The average molecular weight is 299 g/mol. The van der Waals surface area contributed by atoms with Crippen LogP contribution in [-0.2, 0) is 0 Å². The first kappa shape index (κ1) is 13.3. The molecule has 0 aliphatic rings. The summed E-state index contributed by atoms with van der Waals surface area (Å²) in [5.41, 5.74) is 2.81. The number of halogens is 1. The highest BCUT2D eigenvalue weighted by Gasteiger charge is 2.04. The van der Waals surface area contributed by atoms with E-state index in [1.807, 2.05) is 0 Å². The number of nitrogens with zero attached hydrogens (tertiary/aromatic N) is 2. The number of hydrogen-bond acceptors (Lipinski definition) is 3. The van der Waals surface area contributed by atoms with Gasteiger partial charge in [0.15, 0.2) is 0 Å². The molecule has 0 saturated heterocycles. The number of anilines is 2. The van der Waals surface area contributed by atoms with Crippen LogP contribution in [0.3, 0.4) is 0 Å². The second-order valence-electron chi connectivity index (χ2n) is 4.35. The van der Waals surface area contributed by atoms with E-state index in [0.717, 1.165) is 11.0 Å². The molecule has 1 heterocycles. The Balaban J connectivity index is 1.72. The Morgan fingerprint density at radius 3 is 2.24 bits per heavy atom. The molecule has 2 aromatic carbocycles. The van der Waals surface area contributed by atoms with Crippen LogP contribution in [-0.4, -0.2) is 16.0 Å². The molecule has 21 heavy (non-hydrogen) atoms. The maximum Gasteiger partial charge on any atom is 0.323 e. The van der Waals surface area contributed by atoms with Crippen molar-refractivity contribution in [3.05, 3.63) is 59.9 Å². The molecular weight excluding hydrogens is 288 g/mol. The lowest BCUT2D eigenvalue weighted by atomic mass is 10.2. The van der Waals surface area contributed by atoms with Crippen molar-refractivity contribution in [2.24, 2.45) is 0 Å². The van der Waals surface area contributed by atoms with E-state index in [0.29, 0.717) is 16.4 Å². The van der Waals surface area contributed by atoms with Gasteiger partial charge in [-0.3, -0.25) is 9.97 Å². The van der Waals surface area contributed by atoms with Crippen molar-refractivity contribution in [1.29, 1.82) is 0 Å². The van der Waals surface area contributed by atoms with Gasteiger partial charge in [0.2, 0.25) is 0 Å². The van der Waals surface area contributed by atoms with Crippen molar-refractivity contribution in [3.63, 3.8) is 0 Å². The Bertz CT molecular complexity index is 789. The quantitative estimate of drug-likeness (QED) is 0.753. The Morgan fingerprint density at radius 2 is 1.48 bits per heavy atom. The molecule has 0 aliphatic heterocycles. The Hall–Kier alpha value is -2.66. The minimum Gasteiger partial charge on any atom is -0.308 e. The van der Waals surface area contributed by atoms with Gasteiger partial charge in [-0.05, 0) is 42.5 Å². The maximum absolute atomic E-state index is 11.9. The Morgan fingerprint density at radius 1 is 0.857 bits per heavy atom. The van der Waals surface area contributed by atoms with Gasteiger partial charge >= 0.3 is 6.03 Å². The normalized spacial score (nSPS) is 10.3. The highest BCUT2D eigenvalue weighted by Crippen LogP contribution is 2.16. The molecule has 0 unspecified atom stereocenters. The zero-order chi connectivity index (χ0) is 14.7. The van der Waals surface area contributed by atoms with E-state index in [1.54, 1.807) is 54.9 Å². The number of urea groups is 1. The van der Waals surface area contributed by atoms with Crippen molar-refractivity contribution >= 4 is 40.0 Å². The number of benzene rings is 2. The maximum atomic E-state index is 11.9. The highest BCUT2D eigenvalue weighted by atomic mass is 35.5. The second kappa shape index (κ2) is 5.76. The number of rotatable bonds is 2. The molecule has 0 fully saturated rings. The molecule has 3 rings (SSSR count). The topological polar surface area (TPSA) is 66.9 Å². The molecule has 0 aliphatic carbocycles. The molecule has 5 nitrogen and oxygen atoms in total. The van der Waals surface area contributed by atoms with Gasteiger partial charge in [0.25, 0.3) is 0 Å². The van der Waals surface area contributed by atoms with Crippen molar-refractivity contribution < 1.29 is 4.79 Å². The number of nitrogens with one attached hydrogen (secondary N) is 2. The van der Waals surface area contributed by atoms with E-state index >= 15 is 0 Å². The summed E-state index contributed by atoms with van der Waals surface area (Å²) >= 11 is 5.79. The molecule has 0 spiro atoms. The summed E-state index contributed by atoms with van der Waals surface area (Å²) in [6.07, 6.45) is 3.24. The molecule has 1 aromatic heterocycles. The Kier molecular flexibility index (Phi) is 3.66. The van der Waals surface area contributed by atoms with E-state index < -0.39 is 0 Å². The molecule has 0 bridgehead atoms.